The van der Waals surface area contributed by atoms with Crippen LogP contribution in [0, 0.1) is 0 Å². The number of aromatic nitrogens is 4. The fraction of sp³-hybridized carbons (Fsp3) is 0.462. The van der Waals surface area contributed by atoms with Crippen molar-refractivity contribution in [1.29, 1.82) is 0 Å². The zero-order valence-corrected chi connectivity index (χ0v) is 14.4. The third-order valence-electron chi connectivity index (χ3n) is 2.86. The molecule has 0 unspecified atom stereocenters. The van der Waals surface area contributed by atoms with Gasteiger partial charge in [-0.25, -0.2) is 4.68 Å². The number of aryl methyl sites for hydroxylation is 1. The van der Waals surface area contributed by atoms with Crippen LogP contribution >= 0.6 is 27.7 Å². The molecule has 1 heterocycles. The maximum atomic E-state index is 5.21. The van der Waals surface area contributed by atoms with Gasteiger partial charge in [0.2, 0.25) is 5.16 Å². The first kappa shape index (κ1) is 16.3. The predicted octanol–water partition coefficient (Wildman–Crippen LogP) is 2.25. The Kier molecular flexibility index (Phi) is 6.47. The summed E-state index contributed by atoms with van der Waals surface area (Å²) in [6.07, 6.45) is 1.06. The van der Waals surface area contributed by atoms with E-state index in [9.17, 15) is 0 Å². The molecule has 0 amide bonds. The number of rotatable bonds is 8. The summed E-state index contributed by atoms with van der Waals surface area (Å²) < 4.78 is 7.88. The molecule has 21 heavy (non-hydrogen) atoms. The quantitative estimate of drug-likeness (QED) is 0.567. The van der Waals surface area contributed by atoms with Crippen molar-refractivity contribution in [3.05, 3.63) is 28.2 Å². The van der Waals surface area contributed by atoms with Crippen LogP contribution in [0.2, 0.25) is 0 Å². The number of benzene rings is 1. The second-order valence-corrected chi connectivity index (χ2v) is 6.35. The summed E-state index contributed by atoms with van der Waals surface area (Å²) in [6.45, 7) is 1.81. The van der Waals surface area contributed by atoms with E-state index in [-0.39, 0.29) is 0 Å². The highest BCUT2D eigenvalue weighted by Crippen LogP contribution is 2.25. The Balaban J connectivity index is 1.63. The first-order valence-corrected chi connectivity index (χ1v) is 8.37. The Morgan fingerprint density at radius 3 is 2.95 bits per heavy atom. The number of ether oxygens (including phenoxy) is 1. The van der Waals surface area contributed by atoms with Crippen molar-refractivity contribution in [2.45, 2.75) is 18.1 Å². The Bertz CT molecular complexity index is 577. The lowest BCUT2D eigenvalue weighted by Crippen LogP contribution is -2.15. The largest absolute Gasteiger partial charge is 0.496 e. The minimum Gasteiger partial charge on any atom is -0.496 e. The van der Waals surface area contributed by atoms with Gasteiger partial charge in [-0.3, -0.25) is 0 Å². The van der Waals surface area contributed by atoms with E-state index in [0.717, 1.165) is 40.6 Å². The average molecular weight is 372 g/mol. The van der Waals surface area contributed by atoms with Gasteiger partial charge in [-0.15, -0.1) is 5.10 Å². The van der Waals surface area contributed by atoms with Crippen molar-refractivity contribution >= 4 is 27.7 Å². The zero-order chi connectivity index (χ0) is 15.1. The fourth-order valence-electron chi connectivity index (χ4n) is 1.76. The first-order chi connectivity index (χ1) is 10.2. The highest BCUT2D eigenvalue weighted by molar-refractivity contribution is 9.10. The average Bonchev–Trinajstić information content (AvgIpc) is 2.88. The summed E-state index contributed by atoms with van der Waals surface area (Å²) >= 11 is 5.16. The number of methoxy groups -OCH3 is 1. The van der Waals surface area contributed by atoms with E-state index >= 15 is 0 Å². The van der Waals surface area contributed by atoms with E-state index < -0.39 is 0 Å². The van der Waals surface area contributed by atoms with Gasteiger partial charge in [-0.1, -0.05) is 17.8 Å². The van der Waals surface area contributed by atoms with E-state index in [1.54, 1.807) is 23.6 Å². The van der Waals surface area contributed by atoms with E-state index in [1.807, 2.05) is 13.1 Å². The number of hydrogen-bond donors (Lipinski definition) is 1. The van der Waals surface area contributed by atoms with Crippen molar-refractivity contribution < 1.29 is 4.74 Å². The maximum absolute atomic E-state index is 5.21. The third-order valence-corrected chi connectivity index (χ3v) is 4.57. The second kappa shape index (κ2) is 8.35. The molecule has 0 atom stereocenters. The minimum atomic E-state index is 0.846. The number of thioether (sulfide) groups is 1. The van der Waals surface area contributed by atoms with Crippen molar-refractivity contribution in [1.82, 2.24) is 25.5 Å². The van der Waals surface area contributed by atoms with Crippen LogP contribution in [0.3, 0.4) is 0 Å². The predicted molar refractivity (Wildman–Crippen MR) is 86.5 cm³/mol. The molecule has 2 aromatic rings. The molecule has 8 heteroatoms. The van der Waals surface area contributed by atoms with E-state index in [4.69, 9.17) is 4.74 Å². The third kappa shape index (κ3) is 4.98. The fourth-order valence-corrected chi connectivity index (χ4v) is 3.13. The van der Waals surface area contributed by atoms with Crippen molar-refractivity contribution in [2.24, 2.45) is 7.05 Å². The molecule has 0 aliphatic carbocycles. The van der Waals surface area contributed by atoms with Crippen LogP contribution in [0.25, 0.3) is 0 Å². The molecular weight excluding hydrogens is 354 g/mol. The van der Waals surface area contributed by atoms with Crippen molar-refractivity contribution in [3.63, 3.8) is 0 Å². The number of tetrazole rings is 1. The summed E-state index contributed by atoms with van der Waals surface area (Å²) in [6, 6.07) is 6.11. The van der Waals surface area contributed by atoms with Gasteiger partial charge in [-0.05, 0) is 57.0 Å². The molecule has 1 aromatic heterocycles. The van der Waals surface area contributed by atoms with Crippen molar-refractivity contribution in [2.75, 3.05) is 19.4 Å². The molecular formula is C13H18BrN5OS. The lowest BCUT2D eigenvalue weighted by atomic mass is 10.2. The summed E-state index contributed by atoms with van der Waals surface area (Å²) in [5, 5.41) is 15.6. The second-order valence-electron chi connectivity index (χ2n) is 4.43. The van der Waals surface area contributed by atoms with Crippen LogP contribution < -0.4 is 10.1 Å². The van der Waals surface area contributed by atoms with E-state index in [0.29, 0.717) is 0 Å². The summed E-state index contributed by atoms with van der Waals surface area (Å²) in [5.74, 6) is 1.85. The smallest absolute Gasteiger partial charge is 0.209 e. The molecule has 114 valence electrons. The van der Waals surface area contributed by atoms with Gasteiger partial charge in [0.05, 0.1) is 11.6 Å². The molecule has 0 spiro atoms. The molecule has 0 bridgehead atoms. The molecule has 0 radical (unpaired) electrons. The topological polar surface area (TPSA) is 64.9 Å². The van der Waals surface area contributed by atoms with Gasteiger partial charge in [0, 0.05) is 19.3 Å². The van der Waals surface area contributed by atoms with Crippen LogP contribution in [0.5, 0.6) is 5.75 Å². The van der Waals surface area contributed by atoms with Gasteiger partial charge in [0.25, 0.3) is 0 Å². The van der Waals surface area contributed by atoms with Gasteiger partial charge >= 0.3 is 0 Å². The lowest BCUT2D eigenvalue weighted by molar-refractivity contribution is 0.412. The molecule has 1 N–H and O–H groups in total. The molecule has 0 saturated carbocycles. The SMILES string of the molecule is COc1ccc(CNCCCSc2nnnn2C)cc1Br. The Hall–Kier alpha value is -1.12. The Labute approximate surface area is 136 Å². The number of nitrogens with one attached hydrogen (secondary N) is 1. The first-order valence-electron chi connectivity index (χ1n) is 6.59. The standard InChI is InChI=1S/C13H18BrN5OS/c1-19-13(16-17-18-19)21-7-3-6-15-9-10-4-5-12(20-2)11(14)8-10/h4-5,8,15H,3,6-7,9H2,1-2H3. The summed E-state index contributed by atoms with van der Waals surface area (Å²) in [4.78, 5) is 0. The summed E-state index contributed by atoms with van der Waals surface area (Å²) in [7, 11) is 3.52. The number of hydrogen-bond acceptors (Lipinski definition) is 6. The molecule has 1 aromatic carbocycles. The van der Waals surface area contributed by atoms with E-state index in [2.05, 4.69) is 48.9 Å². The van der Waals surface area contributed by atoms with Crippen LogP contribution in [0.1, 0.15) is 12.0 Å². The maximum Gasteiger partial charge on any atom is 0.209 e. The summed E-state index contributed by atoms with van der Waals surface area (Å²) in [5.41, 5.74) is 1.23. The highest BCUT2D eigenvalue weighted by atomic mass is 79.9. The zero-order valence-electron chi connectivity index (χ0n) is 12.0. The molecule has 0 aliphatic heterocycles. The number of nitrogens with zero attached hydrogens (tertiary/aromatic N) is 4. The highest BCUT2D eigenvalue weighted by Gasteiger charge is 2.03. The normalized spacial score (nSPS) is 10.8. The van der Waals surface area contributed by atoms with Gasteiger partial charge in [0.1, 0.15) is 5.75 Å². The van der Waals surface area contributed by atoms with Crippen LogP contribution in [0.15, 0.2) is 27.8 Å². The molecule has 0 aliphatic rings. The minimum absolute atomic E-state index is 0.846. The molecule has 2 rings (SSSR count). The molecule has 6 nitrogen and oxygen atoms in total. The lowest BCUT2D eigenvalue weighted by Gasteiger charge is -2.07. The van der Waals surface area contributed by atoms with Crippen LogP contribution in [-0.2, 0) is 13.6 Å². The van der Waals surface area contributed by atoms with Gasteiger partial charge < -0.3 is 10.1 Å². The number of halogens is 1. The monoisotopic (exact) mass is 371 g/mol. The Morgan fingerprint density at radius 2 is 2.29 bits per heavy atom. The molecule has 0 saturated heterocycles. The molecule has 0 fully saturated rings. The van der Waals surface area contributed by atoms with Gasteiger partial charge in [-0.2, -0.15) is 0 Å². The van der Waals surface area contributed by atoms with E-state index in [1.165, 1.54) is 5.56 Å². The van der Waals surface area contributed by atoms with Crippen LogP contribution in [0.4, 0.5) is 0 Å². The van der Waals surface area contributed by atoms with Crippen molar-refractivity contribution in [3.8, 4) is 5.75 Å². The van der Waals surface area contributed by atoms with Gasteiger partial charge in [0.15, 0.2) is 0 Å². The Morgan fingerprint density at radius 1 is 1.43 bits per heavy atom. The van der Waals surface area contributed by atoms with Crippen LogP contribution in [-0.4, -0.2) is 39.6 Å².